The zero-order chi connectivity index (χ0) is 17.9. The van der Waals surface area contributed by atoms with Crippen molar-refractivity contribution in [1.82, 2.24) is 14.5 Å². The minimum absolute atomic E-state index is 0.0741. The third-order valence-corrected chi connectivity index (χ3v) is 5.04. The zero-order valence-electron chi connectivity index (χ0n) is 15.0. The number of likely N-dealkylation sites (tertiary alicyclic amines) is 1. The highest BCUT2D eigenvalue weighted by atomic mass is 16.2. The van der Waals surface area contributed by atoms with Gasteiger partial charge in [-0.1, -0.05) is 54.6 Å². The summed E-state index contributed by atoms with van der Waals surface area (Å²) in [5.41, 5.74) is 3.30. The van der Waals surface area contributed by atoms with E-state index >= 15 is 0 Å². The number of hydrogen-bond donors (Lipinski definition) is 0. The first-order valence-corrected chi connectivity index (χ1v) is 9.18. The summed E-state index contributed by atoms with van der Waals surface area (Å²) < 4.78 is 2.25. The van der Waals surface area contributed by atoms with Crippen LogP contribution < -0.4 is 0 Å². The normalized spacial score (nSPS) is 17.4. The number of carbonyl (C=O) groups excluding carboxylic acids is 1. The van der Waals surface area contributed by atoms with Crippen molar-refractivity contribution in [3.8, 4) is 0 Å². The fourth-order valence-electron chi connectivity index (χ4n) is 3.81. The lowest BCUT2D eigenvalue weighted by Crippen LogP contribution is -2.29. The van der Waals surface area contributed by atoms with Crippen LogP contribution in [0.3, 0.4) is 0 Å². The summed E-state index contributed by atoms with van der Waals surface area (Å²) >= 11 is 0. The molecule has 2 aromatic carbocycles. The fraction of sp³-hybridized carbons (Fsp3) is 0.273. The van der Waals surface area contributed by atoms with E-state index in [0.717, 1.165) is 42.8 Å². The molecule has 1 aliphatic heterocycles. The molecule has 1 atom stereocenters. The monoisotopic (exact) mass is 345 g/mol. The quantitative estimate of drug-likeness (QED) is 0.701. The van der Waals surface area contributed by atoms with Gasteiger partial charge in [-0.15, -0.1) is 0 Å². The molecule has 0 unspecified atom stereocenters. The number of para-hydroxylation sites is 2. The molecular formula is C22H23N3O. The van der Waals surface area contributed by atoms with Crippen LogP contribution in [0.2, 0.25) is 0 Å². The van der Waals surface area contributed by atoms with Gasteiger partial charge in [-0.25, -0.2) is 4.98 Å². The maximum Gasteiger partial charge on any atom is 0.220 e. The first kappa shape index (κ1) is 16.6. The van der Waals surface area contributed by atoms with Crippen LogP contribution >= 0.6 is 0 Å². The van der Waals surface area contributed by atoms with E-state index in [1.807, 2.05) is 41.3 Å². The van der Waals surface area contributed by atoms with Crippen LogP contribution in [0, 0.1) is 0 Å². The highest BCUT2D eigenvalue weighted by Crippen LogP contribution is 2.33. The van der Waals surface area contributed by atoms with Crippen LogP contribution in [0.5, 0.6) is 0 Å². The lowest BCUT2D eigenvalue weighted by molar-refractivity contribution is -0.129. The van der Waals surface area contributed by atoms with E-state index in [1.165, 1.54) is 5.56 Å². The van der Waals surface area contributed by atoms with Crippen LogP contribution in [0.4, 0.5) is 0 Å². The van der Waals surface area contributed by atoms with Crippen molar-refractivity contribution >= 4 is 23.0 Å². The summed E-state index contributed by atoms with van der Waals surface area (Å²) in [6.07, 6.45) is 6.31. The van der Waals surface area contributed by atoms with E-state index in [-0.39, 0.29) is 11.9 Å². The van der Waals surface area contributed by atoms with Crippen LogP contribution in [-0.2, 0) is 11.3 Å². The number of rotatable bonds is 4. The number of benzene rings is 2. The first-order chi connectivity index (χ1) is 12.7. The Bertz CT molecular complexity index is 942. The summed E-state index contributed by atoms with van der Waals surface area (Å²) in [5, 5.41) is 0. The Morgan fingerprint density at radius 3 is 2.73 bits per heavy atom. The molecule has 0 spiro atoms. The Labute approximate surface area is 153 Å². The molecule has 0 saturated carbocycles. The molecule has 0 aliphatic carbocycles. The molecule has 132 valence electrons. The number of fused-ring (bicyclic) bond motifs is 1. The highest BCUT2D eigenvalue weighted by Gasteiger charge is 2.31. The van der Waals surface area contributed by atoms with E-state index in [4.69, 9.17) is 4.98 Å². The van der Waals surface area contributed by atoms with Gasteiger partial charge in [0.15, 0.2) is 0 Å². The molecule has 1 saturated heterocycles. The van der Waals surface area contributed by atoms with E-state index in [2.05, 4.69) is 34.9 Å². The molecule has 1 aliphatic rings. The number of aromatic nitrogens is 2. The Kier molecular flexibility index (Phi) is 4.57. The van der Waals surface area contributed by atoms with Gasteiger partial charge >= 0.3 is 0 Å². The number of amides is 1. The Morgan fingerprint density at radius 2 is 1.92 bits per heavy atom. The standard InChI is InChI=1S/C22H23N3O/c1-17(26)24-15-8-14-21(24)22-23-19-12-5-6-13-20(19)25(22)16-7-11-18-9-3-2-4-10-18/h2-7,9-13,21H,8,14-16H2,1H3/b11-7-/t21-/m1/s1. The van der Waals surface area contributed by atoms with Crippen LogP contribution in [-0.4, -0.2) is 26.9 Å². The van der Waals surface area contributed by atoms with Gasteiger partial charge < -0.3 is 9.47 Å². The van der Waals surface area contributed by atoms with Gasteiger partial charge in [-0.2, -0.15) is 0 Å². The molecule has 4 rings (SSSR count). The Balaban J connectivity index is 1.70. The van der Waals surface area contributed by atoms with Crippen molar-refractivity contribution in [2.75, 3.05) is 6.54 Å². The van der Waals surface area contributed by atoms with Gasteiger partial charge in [0.1, 0.15) is 5.82 Å². The Morgan fingerprint density at radius 1 is 1.15 bits per heavy atom. The molecule has 4 nitrogen and oxygen atoms in total. The number of carbonyl (C=O) groups is 1. The third kappa shape index (κ3) is 3.15. The number of nitrogens with zero attached hydrogens (tertiary/aromatic N) is 3. The molecular weight excluding hydrogens is 322 g/mol. The largest absolute Gasteiger partial charge is 0.333 e. The highest BCUT2D eigenvalue weighted by molar-refractivity contribution is 5.77. The van der Waals surface area contributed by atoms with Crippen molar-refractivity contribution in [2.24, 2.45) is 0 Å². The summed E-state index contributed by atoms with van der Waals surface area (Å²) in [7, 11) is 0. The van der Waals surface area contributed by atoms with E-state index < -0.39 is 0 Å². The van der Waals surface area contributed by atoms with E-state index in [9.17, 15) is 4.79 Å². The van der Waals surface area contributed by atoms with Crippen LogP contribution in [0.1, 0.15) is 37.2 Å². The maximum atomic E-state index is 12.0. The van der Waals surface area contributed by atoms with Crippen LogP contribution in [0.25, 0.3) is 17.1 Å². The van der Waals surface area contributed by atoms with Crippen molar-refractivity contribution < 1.29 is 4.79 Å². The molecule has 2 heterocycles. The van der Waals surface area contributed by atoms with E-state index in [0.29, 0.717) is 0 Å². The first-order valence-electron chi connectivity index (χ1n) is 9.18. The number of imidazole rings is 1. The molecule has 4 heteroatoms. The molecule has 0 N–H and O–H groups in total. The van der Waals surface area contributed by atoms with Gasteiger partial charge in [0, 0.05) is 20.0 Å². The van der Waals surface area contributed by atoms with Crippen molar-refractivity contribution in [3.05, 3.63) is 72.1 Å². The molecule has 1 amide bonds. The molecule has 26 heavy (non-hydrogen) atoms. The van der Waals surface area contributed by atoms with Crippen LogP contribution in [0.15, 0.2) is 60.7 Å². The lowest BCUT2D eigenvalue weighted by atomic mass is 10.2. The van der Waals surface area contributed by atoms with Gasteiger partial charge in [0.2, 0.25) is 5.91 Å². The van der Waals surface area contributed by atoms with Crippen molar-refractivity contribution in [3.63, 3.8) is 0 Å². The number of allylic oxidation sites excluding steroid dienone is 1. The Hall–Kier alpha value is -2.88. The fourth-order valence-corrected chi connectivity index (χ4v) is 3.81. The average molecular weight is 345 g/mol. The molecule has 1 fully saturated rings. The minimum atomic E-state index is 0.0741. The second kappa shape index (κ2) is 7.16. The minimum Gasteiger partial charge on any atom is -0.333 e. The molecule has 0 bridgehead atoms. The van der Waals surface area contributed by atoms with Gasteiger partial charge in [0.05, 0.1) is 17.1 Å². The molecule has 0 radical (unpaired) electrons. The third-order valence-electron chi connectivity index (χ3n) is 5.04. The number of hydrogen-bond acceptors (Lipinski definition) is 2. The molecule has 1 aromatic heterocycles. The lowest BCUT2D eigenvalue weighted by Gasteiger charge is -2.23. The summed E-state index contributed by atoms with van der Waals surface area (Å²) in [6, 6.07) is 18.6. The maximum absolute atomic E-state index is 12.0. The summed E-state index contributed by atoms with van der Waals surface area (Å²) in [6.45, 7) is 3.22. The van der Waals surface area contributed by atoms with Gasteiger partial charge in [-0.3, -0.25) is 4.79 Å². The van der Waals surface area contributed by atoms with Crippen molar-refractivity contribution in [2.45, 2.75) is 32.4 Å². The topological polar surface area (TPSA) is 38.1 Å². The van der Waals surface area contributed by atoms with Gasteiger partial charge in [-0.05, 0) is 30.5 Å². The van der Waals surface area contributed by atoms with E-state index in [1.54, 1.807) is 6.92 Å². The predicted octanol–water partition coefficient (Wildman–Crippen LogP) is 4.43. The summed E-state index contributed by atoms with van der Waals surface area (Å²) in [4.78, 5) is 18.9. The molecule has 3 aromatic rings. The summed E-state index contributed by atoms with van der Waals surface area (Å²) in [5.74, 6) is 1.13. The average Bonchev–Trinajstić information content (AvgIpc) is 3.27. The smallest absolute Gasteiger partial charge is 0.220 e. The second-order valence-electron chi connectivity index (χ2n) is 6.75. The predicted molar refractivity (Wildman–Crippen MR) is 105 cm³/mol. The second-order valence-corrected chi connectivity index (χ2v) is 6.75. The van der Waals surface area contributed by atoms with Gasteiger partial charge in [0.25, 0.3) is 0 Å². The zero-order valence-corrected chi connectivity index (χ0v) is 15.0. The SMILES string of the molecule is CC(=O)N1CCC[C@@H]1c1nc2ccccc2n1C/C=C\c1ccccc1. The van der Waals surface area contributed by atoms with Crippen molar-refractivity contribution in [1.29, 1.82) is 0 Å².